The summed E-state index contributed by atoms with van der Waals surface area (Å²) < 4.78 is 2.01. The number of fused-ring (bicyclic) bond motifs is 3. The van der Waals surface area contributed by atoms with Crippen molar-refractivity contribution in [1.29, 1.82) is 0 Å². The molecule has 5 aromatic rings. The van der Waals surface area contributed by atoms with Crippen LogP contribution < -0.4 is 15.5 Å². The van der Waals surface area contributed by atoms with Gasteiger partial charge in [0.2, 0.25) is 11.8 Å². The Kier molecular flexibility index (Phi) is 9.15. The van der Waals surface area contributed by atoms with E-state index in [1.54, 1.807) is 18.3 Å². The molecule has 2 aromatic carbocycles. The first-order chi connectivity index (χ1) is 27.1. The van der Waals surface area contributed by atoms with Gasteiger partial charge in [-0.05, 0) is 102 Å². The van der Waals surface area contributed by atoms with Gasteiger partial charge in [0, 0.05) is 66.4 Å². The van der Waals surface area contributed by atoms with Crippen molar-refractivity contribution in [3.63, 3.8) is 0 Å². The van der Waals surface area contributed by atoms with E-state index in [0.717, 1.165) is 96.4 Å². The van der Waals surface area contributed by atoms with E-state index in [1.165, 1.54) is 12.1 Å². The number of carbonyl (C=O) groups excluding carboxylic acids is 5. The second kappa shape index (κ2) is 14.3. The van der Waals surface area contributed by atoms with Crippen LogP contribution in [-0.4, -0.2) is 91.8 Å². The van der Waals surface area contributed by atoms with Gasteiger partial charge in [0.05, 0.1) is 33.5 Å². The maximum atomic E-state index is 13.6. The normalized spacial score (nSPS) is 20.8. The molecule has 3 saturated heterocycles. The Balaban J connectivity index is 0.816. The predicted octanol–water partition coefficient (Wildman–Crippen LogP) is 5.34. The molecular formula is C42H45N9O5. The minimum absolute atomic E-state index is 0.0859. The number of carbonyl (C=O) groups is 5. The molecule has 4 aliphatic rings. The highest BCUT2D eigenvalue weighted by molar-refractivity contribution is 6.25. The van der Waals surface area contributed by atoms with Crippen LogP contribution in [0.25, 0.3) is 21.8 Å². The zero-order valence-electron chi connectivity index (χ0n) is 31.6. The molecule has 14 heteroatoms. The molecule has 3 aromatic heterocycles. The SMILES string of the molecule is Cc1nn(CCCC2CCN(c3cccc4c3C(=O)N(C3CCC(=O)NC3=O)C4=O)CC2)c2cc(C(=O)Nc3cc4[nH]c([C@H]5CCCN5C)cc4cn3)ccc12. The van der Waals surface area contributed by atoms with Gasteiger partial charge in [-0.1, -0.05) is 12.1 Å². The fourth-order valence-corrected chi connectivity index (χ4v) is 9.19. The lowest BCUT2D eigenvalue weighted by atomic mass is 9.91. The minimum atomic E-state index is -0.987. The molecule has 2 atom stereocenters. The van der Waals surface area contributed by atoms with E-state index in [0.29, 0.717) is 34.5 Å². The summed E-state index contributed by atoms with van der Waals surface area (Å²) in [5, 5.41) is 12.1. The molecular weight excluding hydrogens is 711 g/mol. The van der Waals surface area contributed by atoms with E-state index in [-0.39, 0.29) is 18.7 Å². The van der Waals surface area contributed by atoms with Crippen molar-refractivity contribution in [2.24, 2.45) is 5.92 Å². The fraction of sp³-hybridized carbons (Fsp3) is 0.405. The van der Waals surface area contributed by atoms with E-state index < -0.39 is 29.7 Å². The van der Waals surface area contributed by atoms with Gasteiger partial charge in [0.1, 0.15) is 11.9 Å². The van der Waals surface area contributed by atoms with Crippen molar-refractivity contribution >= 4 is 62.8 Å². The second-order valence-electron chi connectivity index (χ2n) is 15.7. The van der Waals surface area contributed by atoms with Gasteiger partial charge in [-0.3, -0.25) is 43.8 Å². The van der Waals surface area contributed by atoms with Crippen LogP contribution in [0.15, 0.2) is 54.7 Å². The first-order valence-electron chi connectivity index (χ1n) is 19.7. The van der Waals surface area contributed by atoms with Crippen LogP contribution in [0.1, 0.15) is 99.9 Å². The van der Waals surface area contributed by atoms with Gasteiger partial charge in [0.15, 0.2) is 0 Å². The van der Waals surface area contributed by atoms with Gasteiger partial charge in [-0.15, -0.1) is 0 Å². The number of amides is 5. The predicted molar refractivity (Wildman–Crippen MR) is 210 cm³/mol. The molecule has 14 nitrogen and oxygen atoms in total. The van der Waals surface area contributed by atoms with Crippen molar-refractivity contribution in [2.45, 2.75) is 76.9 Å². The summed E-state index contributed by atoms with van der Waals surface area (Å²) in [4.78, 5) is 78.3. The molecule has 3 fully saturated rings. The number of aromatic amines is 1. The standard InChI is InChI=1S/C42H45N9O5/c1-24-28-11-10-26(39(53)45-36-22-30-27(23-43-36)20-31(44-30)32-9-5-16-48(32)2)21-35(28)50(47-24)17-4-6-25-14-18-49(19-15-25)33-8-3-7-29-38(33)42(56)51(41(29)55)34-12-13-37(52)46-40(34)54/h3,7-8,10-11,20-23,25,32,34,44H,4-6,9,12-19H2,1-2H3,(H,43,45,53)(H,46,52,54)/t32-,34?/m1/s1. The molecule has 4 aliphatic heterocycles. The summed E-state index contributed by atoms with van der Waals surface area (Å²) in [6, 6.07) is 14.5. The van der Waals surface area contributed by atoms with Gasteiger partial charge < -0.3 is 15.2 Å². The molecule has 3 N–H and O–H groups in total. The molecule has 0 aliphatic carbocycles. The number of aryl methyl sites for hydroxylation is 2. The number of anilines is 2. The Bertz CT molecular complexity index is 2430. The number of H-pyrrole nitrogens is 1. The smallest absolute Gasteiger partial charge is 0.264 e. The Hall–Kier alpha value is -5.89. The number of hydrogen-bond acceptors (Lipinski definition) is 9. The largest absolute Gasteiger partial charge is 0.371 e. The van der Waals surface area contributed by atoms with Gasteiger partial charge in [-0.25, -0.2) is 4.98 Å². The topological polar surface area (TPSA) is 166 Å². The van der Waals surface area contributed by atoms with Gasteiger partial charge >= 0.3 is 0 Å². The lowest BCUT2D eigenvalue weighted by molar-refractivity contribution is -0.136. The summed E-state index contributed by atoms with van der Waals surface area (Å²) in [5.41, 5.74) is 5.88. The van der Waals surface area contributed by atoms with Crippen molar-refractivity contribution < 1.29 is 24.0 Å². The summed E-state index contributed by atoms with van der Waals surface area (Å²) in [7, 11) is 2.15. The number of aromatic nitrogens is 4. The number of rotatable bonds is 9. The van der Waals surface area contributed by atoms with Crippen molar-refractivity contribution in [3.8, 4) is 0 Å². The van der Waals surface area contributed by atoms with Crippen LogP contribution in [0.5, 0.6) is 0 Å². The lowest BCUT2D eigenvalue weighted by Gasteiger charge is -2.34. The molecule has 1 unspecified atom stereocenters. The second-order valence-corrected chi connectivity index (χ2v) is 15.7. The summed E-state index contributed by atoms with van der Waals surface area (Å²) in [6.07, 6.45) is 8.14. The molecule has 0 spiro atoms. The Labute approximate surface area is 323 Å². The maximum absolute atomic E-state index is 13.6. The number of likely N-dealkylation sites (tertiary alicyclic amines) is 1. The molecule has 56 heavy (non-hydrogen) atoms. The highest BCUT2D eigenvalue weighted by Gasteiger charge is 2.46. The third kappa shape index (κ3) is 6.41. The number of hydrogen-bond donors (Lipinski definition) is 3. The first-order valence-corrected chi connectivity index (χ1v) is 19.7. The molecule has 9 rings (SSSR count). The average Bonchev–Trinajstić information content (AvgIpc) is 3.96. The third-order valence-electron chi connectivity index (χ3n) is 12.2. The van der Waals surface area contributed by atoms with E-state index in [4.69, 9.17) is 5.10 Å². The number of nitrogens with one attached hydrogen (secondary N) is 3. The summed E-state index contributed by atoms with van der Waals surface area (Å²) >= 11 is 0. The van der Waals surface area contributed by atoms with Crippen LogP contribution in [-0.2, 0) is 16.1 Å². The fourth-order valence-electron chi connectivity index (χ4n) is 9.19. The summed E-state index contributed by atoms with van der Waals surface area (Å²) in [5.74, 6) is -1.20. The molecule has 0 radical (unpaired) electrons. The molecule has 288 valence electrons. The Morgan fingerprint density at radius 3 is 2.57 bits per heavy atom. The summed E-state index contributed by atoms with van der Waals surface area (Å²) in [6.45, 7) is 5.29. The van der Waals surface area contributed by atoms with E-state index in [9.17, 15) is 24.0 Å². The zero-order valence-corrected chi connectivity index (χ0v) is 31.6. The van der Waals surface area contributed by atoms with Crippen LogP contribution in [0, 0.1) is 12.8 Å². The van der Waals surface area contributed by atoms with Crippen LogP contribution in [0.4, 0.5) is 11.5 Å². The van der Waals surface area contributed by atoms with Gasteiger partial charge in [-0.2, -0.15) is 5.10 Å². The van der Waals surface area contributed by atoms with Crippen LogP contribution >= 0.6 is 0 Å². The number of imide groups is 2. The van der Waals surface area contributed by atoms with E-state index >= 15 is 0 Å². The Morgan fingerprint density at radius 1 is 0.946 bits per heavy atom. The van der Waals surface area contributed by atoms with E-state index in [2.05, 4.69) is 43.5 Å². The molecule has 5 amide bonds. The highest BCUT2D eigenvalue weighted by Crippen LogP contribution is 2.37. The minimum Gasteiger partial charge on any atom is -0.371 e. The van der Waals surface area contributed by atoms with Crippen molar-refractivity contribution in [1.82, 2.24) is 34.9 Å². The maximum Gasteiger partial charge on any atom is 0.264 e. The Morgan fingerprint density at radius 2 is 1.79 bits per heavy atom. The van der Waals surface area contributed by atoms with Crippen molar-refractivity contribution in [2.75, 3.05) is 36.9 Å². The zero-order chi connectivity index (χ0) is 38.7. The van der Waals surface area contributed by atoms with Crippen molar-refractivity contribution in [3.05, 3.63) is 82.8 Å². The molecule has 7 heterocycles. The van der Waals surface area contributed by atoms with E-state index in [1.807, 2.05) is 41.9 Å². The number of nitrogens with zero attached hydrogens (tertiary/aromatic N) is 6. The number of piperidine rings is 2. The molecule has 0 saturated carbocycles. The van der Waals surface area contributed by atoms with Crippen LogP contribution in [0.3, 0.4) is 0 Å². The van der Waals surface area contributed by atoms with Crippen LogP contribution in [0.2, 0.25) is 0 Å². The lowest BCUT2D eigenvalue weighted by Crippen LogP contribution is -2.54. The average molecular weight is 756 g/mol. The first kappa shape index (κ1) is 35.8. The van der Waals surface area contributed by atoms with Gasteiger partial charge in [0.25, 0.3) is 17.7 Å². The number of benzene rings is 2. The quantitative estimate of drug-likeness (QED) is 0.169. The highest BCUT2D eigenvalue weighted by atomic mass is 16.2. The monoisotopic (exact) mass is 755 g/mol. The number of pyridine rings is 1. The third-order valence-corrected chi connectivity index (χ3v) is 12.2. The molecule has 0 bridgehead atoms.